The van der Waals surface area contributed by atoms with Crippen LogP contribution in [0.1, 0.15) is 18.4 Å². The van der Waals surface area contributed by atoms with Gasteiger partial charge in [0.25, 0.3) is 0 Å². The van der Waals surface area contributed by atoms with Crippen LogP contribution in [0.5, 0.6) is 5.75 Å². The Morgan fingerprint density at radius 1 is 1.14 bits per heavy atom. The number of hydrogen-bond donors (Lipinski definition) is 0. The van der Waals surface area contributed by atoms with Crippen LogP contribution >= 0.6 is 0 Å². The Labute approximate surface area is 125 Å². The number of allylic oxidation sites excluding steroid dienone is 1. The molecule has 0 unspecified atom stereocenters. The fourth-order valence-electron chi connectivity index (χ4n) is 3.25. The molecule has 0 saturated carbocycles. The average Bonchev–Trinajstić information content (AvgIpc) is 2.63. The molecule has 1 saturated heterocycles. The van der Waals surface area contributed by atoms with Crippen LogP contribution in [0.3, 0.4) is 0 Å². The number of fused-ring (bicyclic) bond motifs is 4. The van der Waals surface area contributed by atoms with E-state index in [2.05, 4.69) is 0 Å². The van der Waals surface area contributed by atoms with E-state index in [0.717, 1.165) is 6.42 Å². The van der Waals surface area contributed by atoms with E-state index in [9.17, 15) is 14.0 Å². The SMILES string of the molecule is O=C1C=C2CC(=O)OCC2=c2c(F)cc3c(c2C1)OCCC=3. The summed E-state index contributed by atoms with van der Waals surface area (Å²) < 4.78 is 25.4. The van der Waals surface area contributed by atoms with E-state index >= 15 is 0 Å². The summed E-state index contributed by atoms with van der Waals surface area (Å²) in [7, 11) is 0. The van der Waals surface area contributed by atoms with Crippen molar-refractivity contribution >= 4 is 23.4 Å². The number of benzene rings is 1. The summed E-state index contributed by atoms with van der Waals surface area (Å²) in [5.41, 5.74) is 1.70. The fraction of sp³-hybridized carbons (Fsp3) is 0.294. The summed E-state index contributed by atoms with van der Waals surface area (Å²) in [6.07, 6.45) is 4.15. The second-order valence-electron chi connectivity index (χ2n) is 5.60. The number of carbonyl (C=O) groups is 2. The van der Waals surface area contributed by atoms with E-state index in [1.165, 1.54) is 12.1 Å². The first kappa shape index (κ1) is 13.2. The molecule has 0 bridgehead atoms. The highest BCUT2D eigenvalue weighted by molar-refractivity contribution is 5.99. The molecule has 4 rings (SSSR count). The number of rotatable bonds is 0. The second-order valence-corrected chi connectivity index (χ2v) is 5.60. The average molecular weight is 300 g/mol. The minimum absolute atomic E-state index is 0.00399. The van der Waals surface area contributed by atoms with Crippen LogP contribution in [0.15, 0.2) is 17.7 Å². The number of cyclic esters (lactones) is 1. The Morgan fingerprint density at radius 2 is 2.00 bits per heavy atom. The molecule has 2 heterocycles. The molecule has 112 valence electrons. The van der Waals surface area contributed by atoms with Gasteiger partial charge in [0.1, 0.15) is 18.2 Å². The highest BCUT2D eigenvalue weighted by Crippen LogP contribution is 2.26. The molecule has 3 aliphatic rings. The Balaban J connectivity index is 2.10. The summed E-state index contributed by atoms with van der Waals surface area (Å²) in [4.78, 5) is 23.6. The van der Waals surface area contributed by atoms with Crippen LogP contribution in [0.4, 0.5) is 4.39 Å². The maximum absolute atomic E-state index is 14.7. The fourth-order valence-corrected chi connectivity index (χ4v) is 3.25. The van der Waals surface area contributed by atoms with Gasteiger partial charge in [-0.3, -0.25) is 9.59 Å². The number of hydrogen-bond acceptors (Lipinski definition) is 4. The van der Waals surface area contributed by atoms with E-state index in [1.54, 1.807) is 0 Å². The number of carbonyl (C=O) groups excluding carboxylic acids is 2. The van der Waals surface area contributed by atoms with Crippen LogP contribution < -0.4 is 15.2 Å². The predicted molar refractivity (Wildman–Crippen MR) is 76.0 cm³/mol. The minimum Gasteiger partial charge on any atom is -0.492 e. The summed E-state index contributed by atoms with van der Waals surface area (Å²) in [6, 6.07) is 1.43. The monoisotopic (exact) mass is 300 g/mol. The number of esters is 1. The Kier molecular flexibility index (Phi) is 2.89. The number of ether oxygens (including phenoxy) is 2. The van der Waals surface area contributed by atoms with Crippen molar-refractivity contribution in [1.29, 1.82) is 0 Å². The highest BCUT2D eigenvalue weighted by Gasteiger charge is 2.28. The lowest BCUT2D eigenvalue weighted by Gasteiger charge is -2.20. The van der Waals surface area contributed by atoms with Crippen molar-refractivity contribution in [2.24, 2.45) is 0 Å². The standard InChI is InChI=1S/C17H13FO4/c18-14-5-9-2-1-3-21-17(9)12-7-11(19)4-10-6-15(20)22-8-13(10)16(12)14/h2,4-5H,1,3,6-8H2. The Morgan fingerprint density at radius 3 is 2.86 bits per heavy atom. The van der Waals surface area contributed by atoms with E-state index in [0.29, 0.717) is 39.5 Å². The molecule has 4 nitrogen and oxygen atoms in total. The van der Waals surface area contributed by atoms with Gasteiger partial charge in [0.2, 0.25) is 0 Å². The van der Waals surface area contributed by atoms with Crippen molar-refractivity contribution in [2.45, 2.75) is 19.3 Å². The Hall–Kier alpha value is -2.43. The molecule has 0 aromatic heterocycles. The van der Waals surface area contributed by atoms with Gasteiger partial charge in [0, 0.05) is 34.4 Å². The van der Waals surface area contributed by atoms with Gasteiger partial charge in [0.05, 0.1) is 13.0 Å². The largest absolute Gasteiger partial charge is 0.492 e. The summed E-state index contributed by atoms with van der Waals surface area (Å²) in [5.74, 6) is -0.365. The van der Waals surface area contributed by atoms with Crippen LogP contribution in [-0.2, 0) is 20.7 Å². The molecular formula is C17H13FO4. The van der Waals surface area contributed by atoms with Crippen molar-refractivity contribution in [2.75, 3.05) is 13.2 Å². The minimum atomic E-state index is -0.399. The molecule has 0 N–H and O–H groups in total. The van der Waals surface area contributed by atoms with Gasteiger partial charge >= 0.3 is 5.97 Å². The van der Waals surface area contributed by atoms with Crippen molar-refractivity contribution < 1.29 is 23.5 Å². The van der Waals surface area contributed by atoms with Crippen molar-refractivity contribution in [3.8, 4) is 5.75 Å². The van der Waals surface area contributed by atoms with Gasteiger partial charge in [0.15, 0.2) is 5.78 Å². The lowest BCUT2D eigenvalue weighted by molar-refractivity contribution is -0.142. The van der Waals surface area contributed by atoms with Crippen LogP contribution in [0, 0.1) is 5.82 Å². The summed E-state index contributed by atoms with van der Waals surface area (Å²) >= 11 is 0. The summed E-state index contributed by atoms with van der Waals surface area (Å²) in [6.45, 7) is 0.508. The molecule has 0 amide bonds. The predicted octanol–water partition coefficient (Wildman–Crippen LogP) is 0.538. The van der Waals surface area contributed by atoms with Gasteiger partial charge in [-0.2, -0.15) is 0 Å². The van der Waals surface area contributed by atoms with E-state index in [-0.39, 0.29) is 25.2 Å². The third-order valence-electron chi connectivity index (χ3n) is 4.18. The lowest BCUT2D eigenvalue weighted by atomic mass is 9.96. The zero-order chi connectivity index (χ0) is 15.3. The van der Waals surface area contributed by atoms with Crippen LogP contribution in [0.2, 0.25) is 0 Å². The first-order valence-electron chi connectivity index (χ1n) is 7.20. The number of ketones is 1. The molecule has 22 heavy (non-hydrogen) atoms. The maximum atomic E-state index is 14.7. The molecule has 1 aromatic carbocycles. The number of halogens is 1. The third kappa shape index (κ3) is 1.96. The molecular weight excluding hydrogens is 287 g/mol. The van der Waals surface area contributed by atoms with E-state index in [4.69, 9.17) is 9.47 Å². The van der Waals surface area contributed by atoms with Gasteiger partial charge in [-0.15, -0.1) is 0 Å². The smallest absolute Gasteiger partial charge is 0.310 e. The Bertz CT molecular complexity index is 864. The van der Waals surface area contributed by atoms with E-state index in [1.807, 2.05) is 6.08 Å². The van der Waals surface area contributed by atoms with Crippen LogP contribution in [0.25, 0.3) is 11.6 Å². The molecule has 1 aromatic rings. The lowest BCUT2D eigenvalue weighted by Crippen LogP contribution is -2.30. The van der Waals surface area contributed by atoms with Gasteiger partial charge in [-0.05, 0) is 17.7 Å². The van der Waals surface area contributed by atoms with Crippen molar-refractivity contribution in [3.05, 3.63) is 39.5 Å². The topological polar surface area (TPSA) is 52.6 Å². The molecule has 2 aliphatic heterocycles. The summed E-state index contributed by atoms with van der Waals surface area (Å²) in [5, 5.41) is 1.05. The van der Waals surface area contributed by atoms with Gasteiger partial charge in [-0.25, -0.2) is 4.39 Å². The normalized spacial score (nSPS) is 19.7. The van der Waals surface area contributed by atoms with Crippen LogP contribution in [-0.4, -0.2) is 25.0 Å². The van der Waals surface area contributed by atoms with Gasteiger partial charge in [-0.1, -0.05) is 6.08 Å². The quantitative estimate of drug-likeness (QED) is 0.656. The zero-order valence-corrected chi connectivity index (χ0v) is 11.8. The molecule has 5 heteroatoms. The molecule has 0 spiro atoms. The molecule has 1 aliphatic carbocycles. The first-order chi connectivity index (χ1) is 10.6. The highest BCUT2D eigenvalue weighted by atomic mass is 19.1. The molecule has 1 fully saturated rings. The second kappa shape index (κ2) is 4.80. The van der Waals surface area contributed by atoms with Gasteiger partial charge < -0.3 is 9.47 Å². The molecule has 0 atom stereocenters. The zero-order valence-electron chi connectivity index (χ0n) is 11.8. The van der Waals surface area contributed by atoms with Crippen molar-refractivity contribution in [1.82, 2.24) is 0 Å². The van der Waals surface area contributed by atoms with E-state index < -0.39 is 11.8 Å². The van der Waals surface area contributed by atoms with Crippen molar-refractivity contribution in [3.63, 3.8) is 0 Å². The molecule has 0 radical (unpaired) electrons. The maximum Gasteiger partial charge on any atom is 0.310 e. The first-order valence-corrected chi connectivity index (χ1v) is 7.20. The third-order valence-corrected chi connectivity index (χ3v) is 4.18.